The summed E-state index contributed by atoms with van der Waals surface area (Å²) in [5.41, 5.74) is -0.189. The van der Waals surface area contributed by atoms with Crippen LogP contribution in [0.5, 0.6) is 0 Å². The lowest BCUT2D eigenvalue weighted by atomic mass is 9.79. The fourth-order valence-electron chi connectivity index (χ4n) is 2.51. The summed E-state index contributed by atoms with van der Waals surface area (Å²) in [6, 6.07) is 4.31. The van der Waals surface area contributed by atoms with Crippen molar-refractivity contribution >= 4 is 17.2 Å². The third-order valence-electron chi connectivity index (χ3n) is 4.08. The molecule has 18 heavy (non-hydrogen) atoms. The minimum Gasteiger partial charge on any atom is -0.338 e. The molecular weight excluding hydrogens is 244 g/mol. The molecule has 0 radical (unpaired) electrons. The van der Waals surface area contributed by atoms with Gasteiger partial charge in [0, 0.05) is 17.3 Å². The maximum Gasteiger partial charge on any atom is 0.228 e. The maximum atomic E-state index is 12.7. The van der Waals surface area contributed by atoms with E-state index in [0.717, 1.165) is 25.9 Å². The molecule has 1 atom stereocenters. The smallest absolute Gasteiger partial charge is 0.228 e. The van der Waals surface area contributed by atoms with Crippen molar-refractivity contribution in [3.8, 4) is 0 Å². The third kappa shape index (κ3) is 2.59. The van der Waals surface area contributed by atoms with Gasteiger partial charge >= 0.3 is 0 Å². The van der Waals surface area contributed by atoms with Gasteiger partial charge in [-0.25, -0.2) is 0 Å². The van der Waals surface area contributed by atoms with Crippen molar-refractivity contribution in [1.29, 1.82) is 0 Å². The van der Waals surface area contributed by atoms with Crippen molar-refractivity contribution in [2.75, 3.05) is 20.1 Å². The van der Waals surface area contributed by atoms with Gasteiger partial charge < -0.3 is 10.2 Å². The van der Waals surface area contributed by atoms with Gasteiger partial charge in [0.2, 0.25) is 5.91 Å². The minimum atomic E-state index is -0.189. The SMILES string of the molecule is CC(c1cccs1)N(C)C(=O)C1(C)CCNCC1. The van der Waals surface area contributed by atoms with Crippen LogP contribution in [-0.2, 0) is 4.79 Å². The van der Waals surface area contributed by atoms with Crippen molar-refractivity contribution < 1.29 is 4.79 Å². The van der Waals surface area contributed by atoms with Gasteiger partial charge in [0.1, 0.15) is 0 Å². The molecular formula is C14H22N2OS. The highest BCUT2D eigenvalue weighted by atomic mass is 32.1. The van der Waals surface area contributed by atoms with E-state index in [2.05, 4.69) is 30.6 Å². The Kier molecular flexibility index (Phi) is 4.07. The van der Waals surface area contributed by atoms with E-state index in [1.54, 1.807) is 11.3 Å². The summed E-state index contributed by atoms with van der Waals surface area (Å²) < 4.78 is 0. The predicted octanol–water partition coefficient (Wildman–Crippen LogP) is 2.66. The summed E-state index contributed by atoms with van der Waals surface area (Å²) in [5, 5.41) is 5.39. The molecule has 2 heterocycles. The Hall–Kier alpha value is -0.870. The van der Waals surface area contributed by atoms with Gasteiger partial charge in [-0.3, -0.25) is 4.79 Å². The summed E-state index contributed by atoms with van der Waals surface area (Å²) in [7, 11) is 1.93. The zero-order chi connectivity index (χ0) is 13.2. The molecule has 1 aromatic rings. The van der Waals surface area contributed by atoms with E-state index < -0.39 is 0 Å². The number of thiophene rings is 1. The molecule has 3 nitrogen and oxygen atoms in total. The fraction of sp³-hybridized carbons (Fsp3) is 0.643. The second-order valence-corrected chi connectivity index (χ2v) is 6.40. The maximum absolute atomic E-state index is 12.7. The highest BCUT2D eigenvalue weighted by Gasteiger charge is 2.37. The van der Waals surface area contributed by atoms with Crippen LogP contribution in [0.4, 0.5) is 0 Å². The summed E-state index contributed by atoms with van der Waals surface area (Å²) in [6.45, 7) is 6.11. The molecule has 0 spiro atoms. The van der Waals surface area contributed by atoms with E-state index in [1.807, 2.05) is 18.0 Å². The van der Waals surface area contributed by atoms with E-state index in [0.29, 0.717) is 0 Å². The third-order valence-corrected chi connectivity index (χ3v) is 5.12. The molecule has 1 fully saturated rings. The Bertz CT molecular complexity index is 396. The van der Waals surface area contributed by atoms with E-state index in [-0.39, 0.29) is 17.4 Å². The Morgan fingerprint density at radius 2 is 2.17 bits per heavy atom. The lowest BCUT2D eigenvalue weighted by Gasteiger charge is -2.38. The highest BCUT2D eigenvalue weighted by molar-refractivity contribution is 7.10. The van der Waals surface area contributed by atoms with Crippen LogP contribution in [0.15, 0.2) is 17.5 Å². The largest absolute Gasteiger partial charge is 0.338 e. The van der Waals surface area contributed by atoms with Crippen molar-refractivity contribution in [3.63, 3.8) is 0 Å². The minimum absolute atomic E-state index is 0.171. The number of hydrogen-bond donors (Lipinski definition) is 1. The van der Waals surface area contributed by atoms with Crippen molar-refractivity contribution in [3.05, 3.63) is 22.4 Å². The first-order chi connectivity index (χ1) is 8.54. The summed E-state index contributed by atoms with van der Waals surface area (Å²) in [5.74, 6) is 0.282. The van der Waals surface area contributed by atoms with E-state index in [1.165, 1.54) is 4.88 Å². The van der Waals surface area contributed by atoms with Gasteiger partial charge in [-0.1, -0.05) is 13.0 Å². The average molecular weight is 266 g/mol. The number of rotatable bonds is 3. The molecule has 1 aromatic heterocycles. The summed E-state index contributed by atoms with van der Waals surface area (Å²) >= 11 is 1.72. The van der Waals surface area contributed by atoms with Crippen LogP contribution < -0.4 is 5.32 Å². The van der Waals surface area contributed by atoms with Crippen molar-refractivity contribution in [2.45, 2.75) is 32.7 Å². The molecule has 1 unspecified atom stereocenters. The summed E-state index contributed by atoms with van der Waals surface area (Å²) in [6.07, 6.45) is 1.88. The van der Waals surface area contributed by atoms with Gasteiger partial charge in [0.15, 0.2) is 0 Å². The standard InChI is InChI=1S/C14H22N2OS/c1-11(12-5-4-10-18-12)16(3)13(17)14(2)6-8-15-9-7-14/h4-5,10-11,15H,6-9H2,1-3H3. The number of nitrogens with zero attached hydrogens (tertiary/aromatic N) is 1. The first-order valence-electron chi connectivity index (χ1n) is 6.56. The lowest BCUT2D eigenvalue weighted by Crippen LogP contribution is -2.47. The monoisotopic (exact) mass is 266 g/mol. The van der Waals surface area contributed by atoms with Crippen LogP contribution >= 0.6 is 11.3 Å². The molecule has 1 aliphatic rings. The normalized spacial score (nSPS) is 20.4. The van der Waals surface area contributed by atoms with Crippen LogP contribution in [0.1, 0.15) is 37.6 Å². The number of carbonyl (C=O) groups excluding carboxylic acids is 1. The fourth-order valence-corrected chi connectivity index (χ4v) is 3.34. The molecule has 2 rings (SSSR count). The van der Waals surface area contributed by atoms with Crippen LogP contribution in [0.25, 0.3) is 0 Å². The quantitative estimate of drug-likeness (QED) is 0.912. The Labute approximate surface area is 113 Å². The molecule has 1 saturated heterocycles. The van der Waals surface area contributed by atoms with Crippen molar-refractivity contribution in [2.24, 2.45) is 5.41 Å². The molecule has 0 saturated carbocycles. The Morgan fingerprint density at radius 3 is 2.72 bits per heavy atom. The average Bonchev–Trinajstić information content (AvgIpc) is 2.91. The Balaban J connectivity index is 2.08. The van der Waals surface area contributed by atoms with Crippen molar-refractivity contribution in [1.82, 2.24) is 10.2 Å². The molecule has 1 aliphatic heterocycles. The zero-order valence-electron chi connectivity index (χ0n) is 11.4. The van der Waals surface area contributed by atoms with Gasteiger partial charge in [0.25, 0.3) is 0 Å². The van der Waals surface area contributed by atoms with E-state index in [4.69, 9.17) is 0 Å². The molecule has 1 N–H and O–H groups in total. The number of amides is 1. The molecule has 4 heteroatoms. The van der Waals surface area contributed by atoms with Crippen LogP contribution in [0.2, 0.25) is 0 Å². The van der Waals surface area contributed by atoms with Crippen LogP contribution in [0, 0.1) is 5.41 Å². The van der Waals surface area contributed by atoms with Gasteiger partial charge in [-0.2, -0.15) is 0 Å². The zero-order valence-corrected chi connectivity index (χ0v) is 12.2. The van der Waals surface area contributed by atoms with Crippen LogP contribution in [0.3, 0.4) is 0 Å². The predicted molar refractivity (Wildman–Crippen MR) is 75.7 cm³/mol. The Morgan fingerprint density at radius 1 is 1.50 bits per heavy atom. The van der Waals surface area contributed by atoms with Gasteiger partial charge in [0.05, 0.1) is 6.04 Å². The van der Waals surface area contributed by atoms with Gasteiger partial charge in [-0.15, -0.1) is 11.3 Å². The molecule has 0 bridgehead atoms. The van der Waals surface area contributed by atoms with E-state index >= 15 is 0 Å². The lowest BCUT2D eigenvalue weighted by molar-refractivity contribution is -0.143. The number of piperidine rings is 1. The van der Waals surface area contributed by atoms with Gasteiger partial charge in [-0.05, 0) is 44.3 Å². The molecule has 1 amide bonds. The number of nitrogens with one attached hydrogen (secondary N) is 1. The van der Waals surface area contributed by atoms with E-state index in [9.17, 15) is 4.79 Å². The highest BCUT2D eigenvalue weighted by Crippen LogP contribution is 2.33. The topological polar surface area (TPSA) is 32.3 Å². The molecule has 100 valence electrons. The van der Waals surface area contributed by atoms with Crippen LogP contribution in [-0.4, -0.2) is 30.9 Å². The second-order valence-electron chi connectivity index (χ2n) is 5.42. The molecule has 0 aromatic carbocycles. The second kappa shape index (κ2) is 5.41. The summed E-state index contributed by atoms with van der Waals surface area (Å²) in [4.78, 5) is 15.8. The molecule has 0 aliphatic carbocycles. The first kappa shape index (κ1) is 13.6. The first-order valence-corrected chi connectivity index (χ1v) is 7.44. The number of hydrogen-bond acceptors (Lipinski definition) is 3. The number of carbonyl (C=O) groups is 1.